The number of sulfonamides is 1. The van der Waals surface area contributed by atoms with Gasteiger partial charge in [0.15, 0.2) is 5.82 Å². The summed E-state index contributed by atoms with van der Waals surface area (Å²) in [6, 6.07) is 6.14. The summed E-state index contributed by atoms with van der Waals surface area (Å²) in [7, 11) is -3.57. The molecule has 0 aliphatic carbocycles. The van der Waals surface area contributed by atoms with Crippen LogP contribution in [0.2, 0.25) is 5.02 Å². The van der Waals surface area contributed by atoms with Crippen molar-refractivity contribution >= 4 is 37.9 Å². The summed E-state index contributed by atoms with van der Waals surface area (Å²) in [5, 5.41) is 13.4. The van der Waals surface area contributed by atoms with Crippen molar-refractivity contribution < 1.29 is 8.42 Å². The molecule has 0 aliphatic heterocycles. The third kappa shape index (κ3) is 3.12. The lowest BCUT2D eigenvalue weighted by molar-refractivity contribution is 0.581. The van der Waals surface area contributed by atoms with Crippen molar-refractivity contribution in [1.29, 1.82) is 0 Å². The zero-order valence-electron chi connectivity index (χ0n) is 11.5. The van der Waals surface area contributed by atoms with Gasteiger partial charge in [0.25, 0.3) is 0 Å². The molecule has 22 heavy (non-hydrogen) atoms. The van der Waals surface area contributed by atoms with Gasteiger partial charge < -0.3 is 0 Å². The molecular formula is C12H12ClN5O2S2. The maximum absolute atomic E-state index is 12.1. The van der Waals surface area contributed by atoms with Crippen molar-refractivity contribution in [2.45, 2.75) is 18.2 Å². The molecule has 0 saturated carbocycles. The summed E-state index contributed by atoms with van der Waals surface area (Å²) in [6.45, 7) is 2.06. The minimum atomic E-state index is -3.57. The van der Waals surface area contributed by atoms with E-state index in [0.717, 1.165) is 5.01 Å². The average Bonchev–Trinajstić information content (AvgIpc) is 3.01. The Morgan fingerprint density at radius 3 is 2.91 bits per heavy atom. The molecule has 0 aliphatic rings. The van der Waals surface area contributed by atoms with E-state index in [2.05, 4.69) is 20.0 Å². The molecule has 10 heteroatoms. The third-order valence-corrected chi connectivity index (χ3v) is 5.58. The molecule has 3 aromatic rings. The molecule has 0 saturated heterocycles. The normalized spacial score (nSPS) is 12.1. The molecule has 0 amide bonds. The van der Waals surface area contributed by atoms with Gasteiger partial charge in [0, 0.05) is 18.0 Å². The fraction of sp³-hybridized carbons (Fsp3) is 0.250. The number of nitrogens with zero attached hydrogens (tertiary/aromatic N) is 4. The molecular weight excluding hydrogens is 346 g/mol. The number of aryl methyl sites for hydroxylation is 1. The molecule has 0 radical (unpaired) electrons. The number of rotatable bonds is 5. The molecule has 0 spiro atoms. The van der Waals surface area contributed by atoms with Crippen LogP contribution in [0.5, 0.6) is 0 Å². The summed E-state index contributed by atoms with van der Waals surface area (Å²) in [5.74, 6) is 0.706. The quantitative estimate of drug-likeness (QED) is 0.750. The predicted octanol–water partition coefficient (Wildman–Crippen LogP) is 1.67. The molecule has 1 aromatic carbocycles. The molecule has 0 bridgehead atoms. The molecule has 0 unspecified atom stereocenters. The van der Waals surface area contributed by atoms with Crippen LogP contribution in [-0.2, 0) is 16.4 Å². The van der Waals surface area contributed by atoms with Gasteiger partial charge in [-0.05, 0) is 25.1 Å². The van der Waals surface area contributed by atoms with Crippen LogP contribution in [0.15, 0.2) is 29.2 Å². The Hall–Kier alpha value is -1.55. The van der Waals surface area contributed by atoms with Crippen LogP contribution in [0, 0.1) is 6.92 Å². The van der Waals surface area contributed by atoms with Crippen molar-refractivity contribution in [1.82, 2.24) is 24.5 Å². The highest BCUT2D eigenvalue weighted by Crippen LogP contribution is 2.16. The SMILES string of the molecule is Cc1nnc2sc(CCNS(=O)(=O)c3cccc(Cl)c3)nn12. The van der Waals surface area contributed by atoms with Crippen molar-refractivity contribution in [2.24, 2.45) is 0 Å². The van der Waals surface area contributed by atoms with Gasteiger partial charge in [-0.15, -0.1) is 10.2 Å². The van der Waals surface area contributed by atoms with Crippen molar-refractivity contribution in [3.05, 3.63) is 40.1 Å². The highest BCUT2D eigenvalue weighted by atomic mass is 35.5. The third-order valence-electron chi connectivity index (χ3n) is 2.93. The first-order valence-electron chi connectivity index (χ1n) is 6.39. The summed E-state index contributed by atoms with van der Waals surface area (Å²) in [4.78, 5) is 0.846. The lowest BCUT2D eigenvalue weighted by Crippen LogP contribution is -2.26. The number of hydrogen-bond donors (Lipinski definition) is 1. The highest BCUT2D eigenvalue weighted by molar-refractivity contribution is 7.89. The van der Waals surface area contributed by atoms with Crippen LogP contribution in [0.25, 0.3) is 4.96 Å². The monoisotopic (exact) mass is 357 g/mol. The number of halogens is 1. The van der Waals surface area contributed by atoms with E-state index in [4.69, 9.17) is 11.6 Å². The molecule has 1 N–H and O–H groups in total. The maximum Gasteiger partial charge on any atom is 0.240 e. The van der Waals surface area contributed by atoms with Crippen LogP contribution < -0.4 is 4.72 Å². The lowest BCUT2D eigenvalue weighted by atomic mass is 10.4. The zero-order valence-corrected chi connectivity index (χ0v) is 13.9. The van der Waals surface area contributed by atoms with Gasteiger partial charge >= 0.3 is 0 Å². The van der Waals surface area contributed by atoms with Gasteiger partial charge in [-0.3, -0.25) is 0 Å². The fourth-order valence-corrected chi connectivity index (χ4v) is 4.08. The van der Waals surface area contributed by atoms with Gasteiger partial charge in [-0.1, -0.05) is 29.0 Å². The Balaban J connectivity index is 1.67. The number of aromatic nitrogens is 4. The molecule has 3 rings (SSSR count). The van der Waals surface area contributed by atoms with Crippen LogP contribution >= 0.6 is 22.9 Å². The van der Waals surface area contributed by atoms with Crippen molar-refractivity contribution in [3.63, 3.8) is 0 Å². The standard InChI is InChI=1S/C12H12ClN5O2S2/c1-8-15-16-12-18(8)17-11(21-12)5-6-14-22(19,20)10-4-2-3-9(13)7-10/h2-4,7,14H,5-6H2,1H3. The second-order valence-electron chi connectivity index (χ2n) is 4.54. The number of nitrogens with one attached hydrogen (secondary N) is 1. The van der Waals surface area contributed by atoms with E-state index in [1.165, 1.54) is 23.5 Å². The van der Waals surface area contributed by atoms with Crippen molar-refractivity contribution in [2.75, 3.05) is 6.54 Å². The summed E-state index contributed by atoms with van der Waals surface area (Å²) in [6.07, 6.45) is 0.479. The molecule has 2 aromatic heterocycles. The summed E-state index contributed by atoms with van der Waals surface area (Å²) in [5.41, 5.74) is 0. The summed E-state index contributed by atoms with van der Waals surface area (Å²) >= 11 is 7.20. The highest BCUT2D eigenvalue weighted by Gasteiger charge is 2.14. The first-order valence-corrected chi connectivity index (χ1v) is 9.06. The Labute approximate surface area is 136 Å². The molecule has 116 valence electrons. The van der Waals surface area contributed by atoms with Crippen LogP contribution in [-0.4, -0.2) is 34.8 Å². The van der Waals surface area contributed by atoms with Gasteiger partial charge in [0.2, 0.25) is 15.0 Å². The first-order chi connectivity index (χ1) is 10.5. The van der Waals surface area contributed by atoms with Gasteiger partial charge in [-0.2, -0.15) is 9.61 Å². The maximum atomic E-state index is 12.1. The topological polar surface area (TPSA) is 89.2 Å². The minimum absolute atomic E-state index is 0.147. The predicted molar refractivity (Wildman–Crippen MR) is 83.7 cm³/mol. The Morgan fingerprint density at radius 2 is 2.18 bits per heavy atom. The van der Waals surface area contributed by atoms with E-state index in [0.29, 0.717) is 22.2 Å². The minimum Gasteiger partial charge on any atom is -0.211 e. The van der Waals surface area contributed by atoms with E-state index in [1.807, 2.05) is 6.92 Å². The number of fused-ring (bicyclic) bond motifs is 1. The van der Waals surface area contributed by atoms with Gasteiger partial charge in [0.05, 0.1) is 4.90 Å². The smallest absolute Gasteiger partial charge is 0.211 e. The fourth-order valence-electron chi connectivity index (χ4n) is 1.87. The Kier molecular flexibility index (Phi) is 4.13. The van der Waals surface area contributed by atoms with E-state index in [9.17, 15) is 8.42 Å². The Morgan fingerprint density at radius 1 is 1.36 bits per heavy atom. The Bertz CT molecular complexity index is 919. The van der Waals surface area contributed by atoms with E-state index in [1.54, 1.807) is 16.6 Å². The van der Waals surface area contributed by atoms with Crippen LogP contribution in [0.4, 0.5) is 0 Å². The van der Waals surface area contributed by atoms with Gasteiger partial charge in [-0.25, -0.2) is 13.1 Å². The van der Waals surface area contributed by atoms with E-state index < -0.39 is 10.0 Å². The molecule has 2 heterocycles. The average molecular weight is 358 g/mol. The zero-order chi connectivity index (χ0) is 15.7. The second kappa shape index (κ2) is 5.92. The summed E-state index contributed by atoms with van der Waals surface area (Å²) < 4.78 is 28.5. The molecule has 0 fully saturated rings. The number of hydrogen-bond acceptors (Lipinski definition) is 6. The second-order valence-corrected chi connectivity index (χ2v) is 7.79. The van der Waals surface area contributed by atoms with Crippen LogP contribution in [0.1, 0.15) is 10.8 Å². The number of benzene rings is 1. The first kappa shape index (κ1) is 15.3. The van der Waals surface area contributed by atoms with Crippen molar-refractivity contribution in [3.8, 4) is 0 Å². The molecule has 0 atom stereocenters. The lowest BCUT2D eigenvalue weighted by Gasteiger charge is -2.05. The van der Waals surface area contributed by atoms with Crippen LogP contribution in [0.3, 0.4) is 0 Å². The largest absolute Gasteiger partial charge is 0.240 e. The van der Waals surface area contributed by atoms with E-state index in [-0.39, 0.29) is 11.4 Å². The molecule has 7 nitrogen and oxygen atoms in total. The van der Waals surface area contributed by atoms with E-state index >= 15 is 0 Å². The van der Waals surface area contributed by atoms with Gasteiger partial charge in [0.1, 0.15) is 5.01 Å².